The lowest BCUT2D eigenvalue weighted by Gasteiger charge is -2.37. The van der Waals surface area contributed by atoms with Crippen molar-refractivity contribution < 1.29 is 33.6 Å². The van der Waals surface area contributed by atoms with Gasteiger partial charge in [0, 0.05) is 29.3 Å². The number of hydrogen-bond acceptors (Lipinski definition) is 8. The Labute approximate surface area is 223 Å². The van der Waals surface area contributed by atoms with Crippen LogP contribution in [0.25, 0.3) is 0 Å². The number of carbonyl (C=O) groups excluding carboxylic acids is 2. The number of dihydropyridines is 1. The van der Waals surface area contributed by atoms with Crippen molar-refractivity contribution in [3.8, 4) is 23.0 Å². The van der Waals surface area contributed by atoms with E-state index in [1.165, 1.54) is 7.11 Å². The van der Waals surface area contributed by atoms with Crippen LogP contribution >= 0.6 is 0 Å². The molecule has 8 nitrogen and oxygen atoms in total. The highest BCUT2D eigenvalue weighted by Crippen LogP contribution is 2.47. The van der Waals surface area contributed by atoms with Gasteiger partial charge in [-0.3, -0.25) is 4.79 Å². The Bertz CT molecular complexity index is 1310. The molecule has 2 aromatic carbocycles. The van der Waals surface area contributed by atoms with Gasteiger partial charge in [0.25, 0.3) is 0 Å². The zero-order valence-electron chi connectivity index (χ0n) is 22.7. The zero-order chi connectivity index (χ0) is 27.6. The Kier molecular flexibility index (Phi) is 7.99. The van der Waals surface area contributed by atoms with Crippen LogP contribution in [0.5, 0.6) is 23.0 Å². The summed E-state index contributed by atoms with van der Waals surface area (Å²) in [7, 11) is 4.64. The third kappa shape index (κ3) is 5.08. The molecule has 0 amide bonds. The van der Waals surface area contributed by atoms with Crippen molar-refractivity contribution in [2.45, 2.75) is 58.0 Å². The van der Waals surface area contributed by atoms with E-state index < -0.39 is 11.9 Å². The van der Waals surface area contributed by atoms with E-state index in [2.05, 4.69) is 5.32 Å². The second kappa shape index (κ2) is 11.2. The number of allylic oxidation sites excluding steroid dienone is 3. The number of benzene rings is 2. The highest BCUT2D eigenvalue weighted by molar-refractivity contribution is 6.04. The molecule has 4 rings (SSSR count). The first-order valence-corrected chi connectivity index (χ1v) is 12.8. The third-order valence-corrected chi connectivity index (χ3v) is 7.35. The lowest BCUT2D eigenvalue weighted by Crippen LogP contribution is -2.36. The number of ketones is 1. The van der Waals surface area contributed by atoms with Gasteiger partial charge < -0.3 is 29.4 Å². The van der Waals surface area contributed by atoms with Gasteiger partial charge in [0.15, 0.2) is 28.8 Å². The topological polar surface area (TPSA) is 103 Å². The first-order valence-electron chi connectivity index (χ1n) is 12.8. The molecule has 0 saturated heterocycles. The smallest absolute Gasteiger partial charge is 0.337 e. The number of rotatable bonds is 8. The highest BCUT2D eigenvalue weighted by atomic mass is 16.5. The average molecular weight is 522 g/mol. The van der Waals surface area contributed by atoms with Gasteiger partial charge in [0.05, 0.1) is 33.0 Å². The zero-order valence-corrected chi connectivity index (χ0v) is 22.7. The number of carbonyl (C=O) groups is 2. The lowest BCUT2D eigenvalue weighted by molar-refractivity contribution is -0.144. The van der Waals surface area contributed by atoms with Crippen LogP contribution in [0.3, 0.4) is 0 Å². The van der Waals surface area contributed by atoms with Crippen LogP contribution in [0.1, 0.15) is 63.0 Å². The highest BCUT2D eigenvalue weighted by Gasteiger charge is 2.42. The fourth-order valence-corrected chi connectivity index (χ4v) is 5.20. The lowest BCUT2D eigenvalue weighted by atomic mass is 9.71. The average Bonchev–Trinajstić information content (AvgIpc) is 2.91. The van der Waals surface area contributed by atoms with E-state index in [4.69, 9.17) is 18.9 Å². The molecular formula is C30H35NO7. The molecule has 0 saturated carbocycles. The minimum Gasteiger partial charge on any atom is -0.504 e. The van der Waals surface area contributed by atoms with Crippen molar-refractivity contribution in [3.05, 3.63) is 70.1 Å². The molecule has 1 aliphatic heterocycles. The van der Waals surface area contributed by atoms with E-state index in [1.807, 2.05) is 39.0 Å². The molecule has 202 valence electrons. The molecule has 2 aromatic rings. The Balaban J connectivity index is 1.79. The minimum atomic E-state index is -0.682. The summed E-state index contributed by atoms with van der Waals surface area (Å²) >= 11 is 0. The second-order valence-corrected chi connectivity index (χ2v) is 9.69. The van der Waals surface area contributed by atoms with Crippen LogP contribution in [0, 0.1) is 0 Å². The first-order chi connectivity index (χ1) is 18.2. The van der Waals surface area contributed by atoms with Crippen molar-refractivity contribution >= 4 is 11.8 Å². The van der Waals surface area contributed by atoms with E-state index in [0.29, 0.717) is 52.5 Å². The first kappa shape index (κ1) is 27.1. The summed E-state index contributed by atoms with van der Waals surface area (Å²) in [6.45, 7) is 5.59. The van der Waals surface area contributed by atoms with Crippen molar-refractivity contribution in [1.82, 2.24) is 5.32 Å². The molecule has 0 unspecified atom stereocenters. The summed E-state index contributed by atoms with van der Waals surface area (Å²) in [5.74, 6) is 0.155. The summed E-state index contributed by atoms with van der Waals surface area (Å²) in [5, 5.41) is 13.9. The molecule has 2 aliphatic rings. The molecule has 8 heteroatoms. The third-order valence-electron chi connectivity index (χ3n) is 7.35. The summed E-state index contributed by atoms with van der Waals surface area (Å²) < 4.78 is 21.8. The maximum atomic E-state index is 13.8. The number of aromatic hydroxyl groups is 1. The Morgan fingerprint density at radius 3 is 2.29 bits per heavy atom. The van der Waals surface area contributed by atoms with E-state index >= 15 is 0 Å². The number of phenols is 1. The summed E-state index contributed by atoms with van der Waals surface area (Å²) in [6.07, 6.45) is 1.22. The number of esters is 1. The molecule has 38 heavy (non-hydrogen) atoms. The van der Waals surface area contributed by atoms with Gasteiger partial charge in [0.1, 0.15) is 0 Å². The van der Waals surface area contributed by atoms with Crippen molar-refractivity contribution in [2.75, 3.05) is 21.3 Å². The molecule has 0 radical (unpaired) electrons. The molecule has 0 bridgehead atoms. The molecule has 3 atom stereocenters. The maximum absolute atomic E-state index is 13.8. The fourth-order valence-electron chi connectivity index (χ4n) is 5.20. The minimum absolute atomic E-state index is 0.0653. The molecule has 0 fully saturated rings. The van der Waals surface area contributed by atoms with Crippen LogP contribution in [-0.2, 0) is 14.3 Å². The molecule has 2 N–H and O–H groups in total. The number of methoxy groups -OCH3 is 3. The van der Waals surface area contributed by atoms with E-state index in [9.17, 15) is 14.7 Å². The number of phenolic OH excluding ortho intramolecular Hbond substituents is 1. The predicted octanol–water partition coefficient (Wildman–Crippen LogP) is 5.12. The molecule has 0 aromatic heterocycles. The van der Waals surface area contributed by atoms with E-state index in [-0.39, 0.29) is 30.0 Å². The Hall–Kier alpha value is -3.94. The SMILES string of the molecule is CC[C@@H](C)OC(=O)C1=C(C)NC2=C(C(=O)C[C@@H](c3ccc(OC)c(OC)c3)C2)[C@H]1c1ccc(OC)c(O)c1. The summed E-state index contributed by atoms with van der Waals surface area (Å²) in [5.41, 5.74) is 3.86. The molecule has 1 heterocycles. The molecular weight excluding hydrogens is 486 g/mol. The van der Waals surface area contributed by atoms with Gasteiger partial charge >= 0.3 is 5.97 Å². The summed E-state index contributed by atoms with van der Waals surface area (Å²) in [6, 6.07) is 10.7. The van der Waals surface area contributed by atoms with Crippen LogP contribution in [0.15, 0.2) is 58.9 Å². The van der Waals surface area contributed by atoms with Crippen LogP contribution in [0.4, 0.5) is 0 Å². The number of hydrogen-bond donors (Lipinski definition) is 2. The fraction of sp³-hybridized carbons (Fsp3) is 0.400. The molecule has 0 spiro atoms. The van der Waals surface area contributed by atoms with Crippen LogP contribution in [-0.4, -0.2) is 44.3 Å². The van der Waals surface area contributed by atoms with E-state index in [1.54, 1.807) is 32.4 Å². The van der Waals surface area contributed by atoms with Gasteiger partial charge in [-0.15, -0.1) is 0 Å². The second-order valence-electron chi connectivity index (χ2n) is 9.69. The normalized spacial score (nSPS) is 19.9. The largest absolute Gasteiger partial charge is 0.504 e. The van der Waals surface area contributed by atoms with Crippen LogP contribution in [0.2, 0.25) is 0 Å². The van der Waals surface area contributed by atoms with E-state index in [0.717, 1.165) is 11.3 Å². The molecule has 1 aliphatic carbocycles. The van der Waals surface area contributed by atoms with Crippen molar-refractivity contribution in [2.24, 2.45) is 0 Å². The number of nitrogens with one attached hydrogen (secondary N) is 1. The summed E-state index contributed by atoms with van der Waals surface area (Å²) in [4.78, 5) is 27.2. The quantitative estimate of drug-likeness (QED) is 0.462. The van der Waals surface area contributed by atoms with Gasteiger partial charge in [-0.25, -0.2) is 4.79 Å². The maximum Gasteiger partial charge on any atom is 0.337 e. The standard InChI is InChI=1S/C30H35NO7/c1-7-16(2)38-30(34)27-17(3)31-21-12-20(18-8-11-25(36-5)26(15-18)37-6)14-23(33)29(21)28(27)19-9-10-24(35-4)22(32)13-19/h8-11,13,15-16,20,28,31-32H,7,12,14H2,1-6H3/t16-,20+,28+/m1/s1. The van der Waals surface area contributed by atoms with Crippen molar-refractivity contribution in [1.29, 1.82) is 0 Å². The van der Waals surface area contributed by atoms with Gasteiger partial charge in [-0.2, -0.15) is 0 Å². The van der Waals surface area contributed by atoms with Gasteiger partial charge in [0.2, 0.25) is 0 Å². The predicted molar refractivity (Wildman–Crippen MR) is 143 cm³/mol. The number of Topliss-reactive ketones (excluding diaryl/α,β-unsaturated/α-hetero) is 1. The van der Waals surface area contributed by atoms with Gasteiger partial charge in [-0.05, 0) is 68.0 Å². The van der Waals surface area contributed by atoms with Crippen molar-refractivity contribution in [3.63, 3.8) is 0 Å². The Morgan fingerprint density at radius 1 is 1.00 bits per heavy atom. The monoisotopic (exact) mass is 521 g/mol. The number of ether oxygens (including phenoxy) is 4. The van der Waals surface area contributed by atoms with Gasteiger partial charge in [-0.1, -0.05) is 19.1 Å². The van der Waals surface area contributed by atoms with Crippen LogP contribution < -0.4 is 19.5 Å². The Morgan fingerprint density at radius 2 is 1.66 bits per heavy atom.